The van der Waals surface area contributed by atoms with Gasteiger partial charge in [0, 0.05) is 12.5 Å². The van der Waals surface area contributed by atoms with E-state index in [-0.39, 0.29) is 0 Å². The average molecular weight is 272 g/mol. The summed E-state index contributed by atoms with van der Waals surface area (Å²) in [6.45, 7) is 7.10. The second-order valence-electron chi connectivity index (χ2n) is 5.91. The van der Waals surface area contributed by atoms with E-state index >= 15 is 0 Å². The molecule has 2 aromatic rings. The van der Waals surface area contributed by atoms with Crippen molar-refractivity contribution in [1.29, 1.82) is 0 Å². The summed E-state index contributed by atoms with van der Waals surface area (Å²) in [6, 6.07) is 8.74. The molecule has 2 heterocycles. The van der Waals surface area contributed by atoms with Gasteiger partial charge in [-0.15, -0.1) is 0 Å². The van der Waals surface area contributed by atoms with Crippen molar-refractivity contribution in [2.45, 2.75) is 45.6 Å². The average Bonchev–Trinajstić information content (AvgIpc) is 3.02. The second kappa shape index (κ2) is 5.96. The van der Waals surface area contributed by atoms with Crippen LogP contribution in [0.2, 0.25) is 0 Å². The van der Waals surface area contributed by atoms with Crippen LogP contribution < -0.4 is 0 Å². The zero-order valence-electron chi connectivity index (χ0n) is 12.5. The van der Waals surface area contributed by atoms with Gasteiger partial charge in [-0.25, -0.2) is 4.98 Å². The Balaban J connectivity index is 1.52. The summed E-state index contributed by atoms with van der Waals surface area (Å²) >= 11 is 0. The Morgan fingerprint density at radius 2 is 2.20 bits per heavy atom. The number of hydrogen-bond acceptors (Lipinski definition) is 3. The number of benzene rings is 1. The molecule has 1 aliphatic heterocycles. The van der Waals surface area contributed by atoms with E-state index in [2.05, 4.69) is 23.7 Å². The van der Waals surface area contributed by atoms with Crippen LogP contribution in [0.3, 0.4) is 0 Å². The van der Waals surface area contributed by atoms with Crippen LogP contribution in [0.1, 0.15) is 39.0 Å². The zero-order chi connectivity index (χ0) is 13.9. The molecule has 0 radical (unpaired) electrons. The van der Waals surface area contributed by atoms with E-state index in [9.17, 15) is 0 Å². The third-order valence-corrected chi connectivity index (χ3v) is 4.74. The minimum absolute atomic E-state index is 0.739. The topological polar surface area (TPSA) is 29.3 Å². The summed E-state index contributed by atoms with van der Waals surface area (Å²) in [4.78, 5) is 7.16. The van der Waals surface area contributed by atoms with Gasteiger partial charge in [0.1, 0.15) is 5.52 Å². The second-order valence-corrected chi connectivity index (χ2v) is 5.91. The summed E-state index contributed by atoms with van der Waals surface area (Å²) in [5.41, 5.74) is 1.88. The van der Waals surface area contributed by atoms with E-state index in [1.54, 1.807) is 0 Å². The summed E-state index contributed by atoms with van der Waals surface area (Å²) in [5.74, 6) is 1.77. The molecule has 1 saturated heterocycles. The summed E-state index contributed by atoms with van der Waals surface area (Å²) < 4.78 is 5.77. The minimum atomic E-state index is 0.739. The lowest BCUT2D eigenvalue weighted by molar-refractivity contribution is 0.235. The first-order chi connectivity index (χ1) is 9.78. The molecule has 20 heavy (non-hydrogen) atoms. The lowest BCUT2D eigenvalue weighted by Gasteiger charge is -2.23. The number of para-hydroxylation sites is 2. The highest BCUT2D eigenvalue weighted by molar-refractivity contribution is 5.72. The summed E-state index contributed by atoms with van der Waals surface area (Å²) in [7, 11) is 0. The first-order valence-corrected chi connectivity index (χ1v) is 7.86. The minimum Gasteiger partial charge on any atom is -0.441 e. The third kappa shape index (κ3) is 2.73. The van der Waals surface area contributed by atoms with Gasteiger partial charge in [-0.2, -0.15) is 0 Å². The van der Waals surface area contributed by atoms with E-state index in [4.69, 9.17) is 4.42 Å². The van der Waals surface area contributed by atoms with Crippen LogP contribution in [-0.4, -0.2) is 29.0 Å². The zero-order valence-corrected chi connectivity index (χ0v) is 12.5. The lowest BCUT2D eigenvalue weighted by atomic mass is 9.99. The van der Waals surface area contributed by atoms with Crippen molar-refractivity contribution in [3.8, 4) is 0 Å². The Bertz CT molecular complexity index is 530. The standard InChI is InChI=1S/C17H24N2O/c1-3-14-10-12-19(13(14)2)11-6-9-17-18-15-7-4-5-8-16(15)20-17/h4-5,7-8,13-14H,3,6,9-12H2,1-2H3. The number of aryl methyl sites for hydroxylation is 1. The molecule has 1 fully saturated rings. The van der Waals surface area contributed by atoms with E-state index in [1.165, 1.54) is 19.4 Å². The maximum absolute atomic E-state index is 5.77. The molecular weight excluding hydrogens is 248 g/mol. The molecule has 0 saturated carbocycles. The van der Waals surface area contributed by atoms with Gasteiger partial charge >= 0.3 is 0 Å². The number of rotatable bonds is 5. The predicted molar refractivity (Wildman–Crippen MR) is 81.8 cm³/mol. The molecule has 3 rings (SSSR count). The number of nitrogens with zero attached hydrogens (tertiary/aromatic N) is 2. The van der Waals surface area contributed by atoms with E-state index in [1.807, 2.05) is 24.3 Å². The molecule has 0 bridgehead atoms. The summed E-state index contributed by atoms with van der Waals surface area (Å²) in [6.07, 6.45) is 4.74. The smallest absolute Gasteiger partial charge is 0.195 e. The number of aromatic nitrogens is 1. The Kier molecular flexibility index (Phi) is 4.06. The van der Waals surface area contributed by atoms with Crippen LogP contribution >= 0.6 is 0 Å². The maximum atomic E-state index is 5.77. The fraction of sp³-hybridized carbons (Fsp3) is 0.588. The lowest BCUT2D eigenvalue weighted by Crippen LogP contribution is -2.31. The van der Waals surface area contributed by atoms with Crippen LogP contribution in [0, 0.1) is 5.92 Å². The van der Waals surface area contributed by atoms with Crippen LogP contribution in [-0.2, 0) is 6.42 Å². The highest BCUT2D eigenvalue weighted by Gasteiger charge is 2.28. The van der Waals surface area contributed by atoms with Gasteiger partial charge in [0.05, 0.1) is 0 Å². The van der Waals surface area contributed by atoms with Crippen molar-refractivity contribution in [2.24, 2.45) is 5.92 Å². The Hall–Kier alpha value is -1.35. The first-order valence-electron chi connectivity index (χ1n) is 7.86. The van der Waals surface area contributed by atoms with Crippen molar-refractivity contribution in [3.05, 3.63) is 30.2 Å². The van der Waals surface area contributed by atoms with Gasteiger partial charge in [-0.05, 0) is 50.9 Å². The SMILES string of the molecule is CCC1CCN(CCCc2nc3ccccc3o2)C1C. The van der Waals surface area contributed by atoms with Crippen LogP contribution in [0.5, 0.6) is 0 Å². The van der Waals surface area contributed by atoms with E-state index in [0.29, 0.717) is 0 Å². The van der Waals surface area contributed by atoms with Gasteiger partial charge in [0.25, 0.3) is 0 Å². The van der Waals surface area contributed by atoms with Crippen LogP contribution in [0.25, 0.3) is 11.1 Å². The highest BCUT2D eigenvalue weighted by Crippen LogP contribution is 2.26. The Morgan fingerprint density at radius 1 is 1.35 bits per heavy atom. The van der Waals surface area contributed by atoms with Crippen LogP contribution in [0.15, 0.2) is 28.7 Å². The van der Waals surface area contributed by atoms with Crippen LogP contribution in [0.4, 0.5) is 0 Å². The van der Waals surface area contributed by atoms with Gasteiger partial charge in [0.15, 0.2) is 11.5 Å². The third-order valence-electron chi connectivity index (χ3n) is 4.74. The van der Waals surface area contributed by atoms with Gasteiger partial charge in [-0.1, -0.05) is 25.5 Å². The van der Waals surface area contributed by atoms with Crippen molar-refractivity contribution in [2.75, 3.05) is 13.1 Å². The van der Waals surface area contributed by atoms with Crippen molar-refractivity contribution < 1.29 is 4.42 Å². The molecule has 2 unspecified atom stereocenters. The van der Waals surface area contributed by atoms with E-state index < -0.39 is 0 Å². The number of oxazole rings is 1. The molecule has 108 valence electrons. The normalized spacial score (nSPS) is 23.7. The first kappa shape index (κ1) is 13.6. The molecule has 3 heteroatoms. The molecule has 0 N–H and O–H groups in total. The molecule has 0 aliphatic carbocycles. The molecule has 0 spiro atoms. The monoisotopic (exact) mass is 272 g/mol. The molecular formula is C17H24N2O. The fourth-order valence-corrected chi connectivity index (χ4v) is 3.40. The number of hydrogen-bond donors (Lipinski definition) is 0. The van der Waals surface area contributed by atoms with E-state index in [0.717, 1.165) is 48.3 Å². The molecule has 3 nitrogen and oxygen atoms in total. The summed E-state index contributed by atoms with van der Waals surface area (Å²) in [5, 5.41) is 0. The number of fused-ring (bicyclic) bond motifs is 1. The number of likely N-dealkylation sites (tertiary alicyclic amines) is 1. The van der Waals surface area contributed by atoms with Crippen molar-refractivity contribution in [1.82, 2.24) is 9.88 Å². The molecule has 1 aromatic heterocycles. The van der Waals surface area contributed by atoms with Crippen molar-refractivity contribution >= 4 is 11.1 Å². The molecule has 1 aliphatic rings. The molecule has 0 amide bonds. The largest absolute Gasteiger partial charge is 0.441 e. The Morgan fingerprint density at radius 3 is 2.95 bits per heavy atom. The van der Waals surface area contributed by atoms with Gasteiger partial charge in [0.2, 0.25) is 0 Å². The fourth-order valence-electron chi connectivity index (χ4n) is 3.40. The Labute approximate surface area is 121 Å². The van der Waals surface area contributed by atoms with Gasteiger partial charge in [-0.3, -0.25) is 0 Å². The highest BCUT2D eigenvalue weighted by atomic mass is 16.3. The molecule has 2 atom stereocenters. The van der Waals surface area contributed by atoms with Crippen molar-refractivity contribution in [3.63, 3.8) is 0 Å². The predicted octanol–water partition coefficient (Wildman–Crippen LogP) is 3.88. The maximum Gasteiger partial charge on any atom is 0.195 e. The van der Waals surface area contributed by atoms with Gasteiger partial charge < -0.3 is 9.32 Å². The quantitative estimate of drug-likeness (QED) is 0.827. The molecule has 1 aromatic carbocycles.